The second kappa shape index (κ2) is 5.85. The van der Waals surface area contributed by atoms with Gasteiger partial charge in [-0.1, -0.05) is 11.6 Å². The fraction of sp³-hybridized carbons (Fsp3) is 0.636. The number of halogens is 1. The summed E-state index contributed by atoms with van der Waals surface area (Å²) in [5, 5.41) is 9.68. The van der Waals surface area contributed by atoms with Crippen LogP contribution in [0.4, 0.5) is 0 Å². The summed E-state index contributed by atoms with van der Waals surface area (Å²) in [5.41, 5.74) is 0.197. The van der Waals surface area contributed by atoms with Crippen LogP contribution in [0.15, 0.2) is 11.4 Å². The van der Waals surface area contributed by atoms with Gasteiger partial charge in [0, 0.05) is 30.1 Å². The Bertz CT molecular complexity index is 291. The molecule has 0 saturated carbocycles. The topological polar surface area (TPSA) is 24.1 Å². The van der Waals surface area contributed by atoms with Crippen LogP contribution in [0.25, 0.3) is 0 Å². The third kappa shape index (κ3) is 5.52. The molecule has 2 nitrogen and oxygen atoms in total. The molecule has 0 bridgehead atoms. The second-order valence-corrected chi connectivity index (χ2v) is 5.95. The molecule has 0 radical (unpaired) electrons. The highest BCUT2D eigenvalue weighted by Crippen LogP contribution is 2.21. The first kappa shape index (κ1) is 13.0. The van der Waals surface area contributed by atoms with Crippen molar-refractivity contribution in [1.29, 1.82) is 0 Å². The zero-order valence-corrected chi connectivity index (χ0v) is 11.1. The van der Waals surface area contributed by atoms with Crippen LogP contribution in [0.1, 0.15) is 25.6 Å². The summed E-state index contributed by atoms with van der Waals surface area (Å²) in [5.74, 6) is 0. The monoisotopic (exact) mass is 246 g/mol. The number of hydrogen-bond donors (Lipinski definition) is 2. The lowest BCUT2D eigenvalue weighted by Crippen LogP contribution is -2.40. The molecule has 0 aliphatic rings. The molecule has 0 aromatic carbocycles. The van der Waals surface area contributed by atoms with Gasteiger partial charge < -0.3 is 10.6 Å². The highest BCUT2D eigenvalue weighted by Gasteiger charge is 2.07. The summed E-state index contributed by atoms with van der Waals surface area (Å²) < 4.78 is 0. The standard InChI is InChI=1S/C11H19ClN2S/c1-11(2,3)14-6-5-13-8-10-9(12)4-7-15-10/h4,7,13-14H,5-6,8H2,1-3H3. The minimum absolute atomic E-state index is 0.197. The van der Waals surface area contributed by atoms with E-state index in [1.54, 1.807) is 11.3 Å². The lowest BCUT2D eigenvalue weighted by atomic mass is 10.1. The van der Waals surface area contributed by atoms with Gasteiger partial charge in [-0.25, -0.2) is 0 Å². The van der Waals surface area contributed by atoms with E-state index >= 15 is 0 Å². The fourth-order valence-corrected chi connectivity index (χ4v) is 2.25. The van der Waals surface area contributed by atoms with Crippen LogP contribution in [0.3, 0.4) is 0 Å². The molecule has 0 fully saturated rings. The van der Waals surface area contributed by atoms with E-state index in [4.69, 9.17) is 11.6 Å². The van der Waals surface area contributed by atoms with Gasteiger partial charge in [0.15, 0.2) is 0 Å². The molecule has 0 amide bonds. The average Bonchev–Trinajstić information content (AvgIpc) is 2.49. The predicted octanol–water partition coefficient (Wildman–Crippen LogP) is 2.88. The maximum absolute atomic E-state index is 5.98. The molecule has 86 valence electrons. The molecule has 1 aromatic heterocycles. The van der Waals surface area contributed by atoms with E-state index in [0.717, 1.165) is 24.7 Å². The van der Waals surface area contributed by atoms with Gasteiger partial charge in [0.2, 0.25) is 0 Å². The van der Waals surface area contributed by atoms with Crippen molar-refractivity contribution in [2.24, 2.45) is 0 Å². The Balaban J connectivity index is 2.10. The van der Waals surface area contributed by atoms with Gasteiger partial charge in [-0.15, -0.1) is 11.3 Å². The summed E-state index contributed by atoms with van der Waals surface area (Å²) in [6, 6.07) is 1.94. The van der Waals surface area contributed by atoms with Gasteiger partial charge in [-0.2, -0.15) is 0 Å². The summed E-state index contributed by atoms with van der Waals surface area (Å²) in [6.07, 6.45) is 0. The maximum Gasteiger partial charge on any atom is 0.0558 e. The maximum atomic E-state index is 5.98. The molecule has 2 N–H and O–H groups in total. The molecular formula is C11H19ClN2S. The predicted molar refractivity (Wildman–Crippen MR) is 68.8 cm³/mol. The normalized spacial score (nSPS) is 12.0. The number of hydrogen-bond acceptors (Lipinski definition) is 3. The van der Waals surface area contributed by atoms with Crippen molar-refractivity contribution < 1.29 is 0 Å². The van der Waals surface area contributed by atoms with Crippen LogP contribution < -0.4 is 10.6 Å². The average molecular weight is 247 g/mol. The first-order valence-electron chi connectivity index (χ1n) is 5.17. The molecule has 0 unspecified atom stereocenters. The number of rotatable bonds is 5. The largest absolute Gasteiger partial charge is 0.311 e. The summed E-state index contributed by atoms with van der Waals surface area (Å²) >= 11 is 7.68. The first-order valence-corrected chi connectivity index (χ1v) is 6.42. The molecule has 0 aliphatic carbocycles. The molecule has 1 rings (SSSR count). The SMILES string of the molecule is CC(C)(C)NCCNCc1sccc1Cl. The van der Waals surface area contributed by atoms with E-state index in [0.29, 0.717) is 0 Å². The second-order valence-electron chi connectivity index (χ2n) is 4.55. The first-order chi connectivity index (χ1) is 6.99. The molecule has 4 heteroatoms. The molecular weight excluding hydrogens is 228 g/mol. The van der Waals surface area contributed by atoms with E-state index in [-0.39, 0.29) is 5.54 Å². The van der Waals surface area contributed by atoms with Gasteiger partial charge in [-0.3, -0.25) is 0 Å². The van der Waals surface area contributed by atoms with Crippen molar-refractivity contribution in [3.8, 4) is 0 Å². The Morgan fingerprint density at radius 1 is 1.33 bits per heavy atom. The highest BCUT2D eigenvalue weighted by molar-refractivity contribution is 7.10. The van der Waals surface area contributed by atoms with Crippen LogP contribution in [0, 0.1) is 0 Å². The molecule has 1 aromatic rings. The summed E-state index contributed by atoms with van der Waals surface area (Å²) in [7, 11) is 0. The summed E-state index contributed by atoms with van der Waals surface area (Å²) in [4.78, 5) is 1.22. The molecule has 1 heterocycles. The lowest BCUT2D eigenvalue weighted by Gasteiger charge is -2.20. The van der Waals surface area contributed by atoms with Gasteiger partial charge in [0.25, 0.3) is 0 Å². The Hall–Kier alpha value is -0.0900. The minimum atomic E-state index is 0.197. The van der Waals surface area contributed by atoms with E-state index in [1.165, 1.54) is 4.88 Å². The Morgan fingerprint density at radius 3 is 2.60 bits per heavy atom. The van der Waals surface area contributed by atoms with Crippen molar-refractivity contribution in [2.45, 2.75) is 32.9 Å². The lowest BCUT2D eigenvalue weighted by molar-refractivity contribution is 0.422. The quantitative estimate of drug-likeness (QED) is 0.781. The molecule has 0 atom stereocenters. The van der Waals surface area contributed by atoms with Gasteiger partial charge in [0.1, 0.15) is 0 Å². The van der Waals surface area contributed by atoms with Crippen molar-refractivity contribution in [2.75, 3.05) is 13.1 Å². The van der Waals surface area contributed by atoms with Gasteiger partial charge in [-0.05, 0) is 32.2 Å². The number of thiophene rings is 1. The number of nitrogens with one attached hydrogen (secondary N) is 2. The zero-order valence-electron chi connectivity index (χ0n) is 9.56. The third-order valence-corrected chi connectivity index (χ3v) is 3.32. The van der Waals surface area contributed by atoms with Crippen LogP contribution in [-0.2, 0) is 6.54 Å². The Morgan fingerprint density at radius 2 is 2.07 bits per heavy atom. The van der Waals surface area contributed by atoms with Crippen LogP contribution >= 0.6 is 22.9 Å². The highest BCUT2D eigenvalue weighted by atomic mass is 35.5. The summed E-state index contributed by atoms with van der Waals surface area (Å²) in [6.45, 7) is 9.32. The Kier molecular flexibility index (Phi) is 5.06. The van der Waals surface area contributed by atoms with Gasteiger partial charge >= 0.3 is 0 Å². The van der Waals surface area contributed by atoms with Gasteiger partial charge in [0.05, 0.1) is 5.02 Å². The van der Waals surface area contributed by atoms with Crippen molar-refractivity contribution in [3.63, 3.8) is 0 Å². The van der Waals surface area contributed by atoms with Crippen LogP contribution in [0.5, 0.6) is 0 Å². The molecule has 15 heavy (non-hydrogen) atoms. The molecule has 0 saturated heterocycles. The van der Waals surface area contributed by atoms with Crippen molar-refractivity contribution in [3.05, 3.63) is 21.3 Å². The third-order valence-electron chi connectivity index (χ3n) is 1.93. The van der Waals surface area contributed by atoms with E-state index in [2.05, 4.69) is 31.4 Å². The molecule has 0 spiro atoms. The zero-order chi connectivity index (χ0) is 11.3. The van der Waals surface area contributed by atoms with Crippen LogP contribution in [0.2, 0.25) is 5.02 Å². The smallest absolute Gasteiger partial charge is 0.0558 e. The fourth-order valence-electron chi connectivity index (χ4n) is 1.18. The van der Waals surface area contributed by atoms with E-state index < -0.39 is 0 Å². The van der Waals surface area contributed by atoms with Crippen molar-refractivity contribution >= 4 is 22.9 Å². The Labute approximate surface area is 101 Å². The van der Waals surface area contributed by atoms with Crippen molar-refractivity contribution in [1.82, 2.24) is 10.6 Å². The van der Waals surface area contributed by atoms with E-state index in [9.17, 15) is 0 Å². The van der Waals surface area contributed by atoms with E-state index in [1.807, 2.05) is 11.4 Å². The minimum Gasteiger partial charge on any atom is -0.311 e. The molecule has 0 aliphatic heterocycles. The van der Waals surface area contributed by atoms with Crippen LogP contribution in [-0.4, -0.2) is 18.6 Å².